The first-order valence-electron chi connectivity index (χ1n) is 10.2. The van der Waals surface area contributed by atoms with Crippen LogP contribution in [0.25, 0.3) is 0 Å². The lowest BCUT2D eigenvalue weighted by atomic mass is 10.2. The highest BCUT2D eigenvalue weighted by Crippen LogP contribution is 2.49. The summed E-state index contributed by atoms with van der Waals surface area (Å²) in [7, 11) is -4.08. The Hall–Kier alpha value is -2.78. The Labute approximate surface area is 184 Å². The molecule has 1 aromatic heterocycles. The molecule has 0 saturated carbocycles. The number of aromatic amines is 1. The first-order chi connectivity index (χ1) is 15.3. The molecule has 3 atom stereocenters. The zero-order valence-electron chi connectivity index (χ0n) is 17.9. The monoisotopic (exact) mass is 463 g/mol. The number of aryl methyl sites for hydroxylation is 1. The molecule has 32 heavy (non-hydrogen) atoms. The summed E-state index contributed by atoms with van der Waals surface area (Å²) in [6.45, 7) is 3.27. The SMILES string of the molecule is CCOP(=O)(OCC1C=CC(n2cc(C)c(=O)[nH]c2=O)O1)C(=O)NCCc1ccccc1. The fourth-order valence-corrected chi connectivity index (χ4v) is 4.37. The Morgan fingerprint density at radius 2 is 1.97 bits per heavy atom. The normalized spacial score (nSPS) is 19.6. The Bertz CT molecular complexity index is 1130. The van der Waals surface area contributed by atoms with Crippen LogP contribution in [0.3, 0.4) is 0 Å². The molecule has 10 nitrogen and oxygen atoms in total. The van der Waals surface area contributed by atoms with E-state index in [1.807, 2.05) is 30.3 Å². The highest BCUT2D eigenvalue weighted by atomic mass is 31.2. The third kappa shape index (κ3) is 5.92. The highest BCUT2D eigenvalue weighted by Gasteiger charge is 2.36. The summed E-state index contributed by atoms with van der Waals surface area (Å²) >= 11 is 0. The number of carbonyl (C=O) groups excluding carboxylic acids is 1. The third-order valence-electron chi connectivity index (χ3n) is 4.71. The van der Waals surface area contributed by atoms with Crippen LogP contribution in [0.15, 0.2) is 58.3 Å². The van der Waals surface area contributed by atoms with E-state index in [9.17, 15) is 18.9 Å². The molecular formula is C21H26N3O7P. The van der Waals surface area contributed by atoms with Crippen LogP contribution in [0.1, 0.15) is 24.3 Å². The van der Waals surface area contributed by atoms with Crippen LogP contribution in [-0.4, -0.2) is 41.1 Å². The standard InChI is InChI=1S/C21H26N3O7P/c1-3-29-32(28,21(27)22-12-11-16-7-5-4-6-8-16)30-14-17-9-10-18(31-17)24-13-15(2)19(25)23-20(24)26/h4-10,13,17-18H,3,11-12,14H2,1-2H3,(H,22,27)(H,23,25,26). The van der Waals surface area contributed by atoms with Gasteiger partial charge in [-0.3, -0.25) is 23.7 Å². The van der Waals surface area contributed by atoms with Gasteiger partial charge in [-0.15, -0.1) is 0 Å². The second-order valence-corrected chi connectivity index (χ2v) is 9.02. The van der Waals surface area contributed by atoms with E-state index in [1.165, 1.54) is 10.8 Å². The number of hydrogen-bond donors (Lipinski definition) is 2. The number of nitrogens with zero attached hydrogens (tertiary/aromatic N) is 1. The van der Waals surface area contributed by atoms with Gasteiger partial charge >= 0.3 is 18.9 Å². The van der Waals surface area contributed by atoms with Gasteiger partial charge < -0.3 is 14.6 Å². The lowest BCUT2D eigenvalue weighted by Crippen LogP contribution is -2.33. The molecule has 11 heteroatoms. The van der Waals surface area contributed by atoms with Crippen LogP contribution in [0.4, 0.5) is 4.79 Å². The molecule has 1 aliphatic heterocycles. The molecule has 1 aliphatic rings. The van der Waals surface area contributed by atoms with Gasteiger partial charge in [0, 0.05) is 18.3 Å². The number of rotatable bonds is 10. The van der Waals surface area contributed by atoms with Crippen LogP contribution in [-0.2, 0) is 24.8 Å². The molecule has 2 aromatic rings. The zero-order chi connectivity index (χ0) is 23.1. The van der Waals surface area contributed by atoms with Crippen LogP contribution >= 0.6 is 7.60 Å². The van der Waals surface area contributed by atoms with E-state index < -0.39 is 36.8 Å². The van der Waals surface area contributed by atoms with Crippen molar-refractivity contribution in [2.75, 3.05) is 19.8 Å². The molecule has 0 bridgehead atoms. The minimum Gasteiger partial charge on any atom is -0.345 e. The molecular weight excluding hydrogens is 437 g/mol. The Morgan fingerprint density at radius 1 is 1.22 bits per heavy atom. The van der Waals surface area contributed by atoms with E-state index in [0.29, 0.717) is 12.0 Å². The Morgan fingerprint density at radius 3 is 2.69 bits per heavy atom. The maximum absolute atomic E-state index is 13.0. The van der Waals surface area contributed by atoms with E-state index in [-0.39, 0.29) is 19.8 Å². The summed E-state index contributed by atoms with van der Waals surface area (Å²) in [5, 5.41) is 2.60. The van der Waals surface area contributed by atoms with Crippen molar-refractivity contribution >= 4 is 13.2 Å². The summed E-state index contributed by atoms with van der Waals surface area (Å²) in [6.07, 6.45) is 3.77. The minimum atomic E-state index is -4.08. The number of carbonyl (C=O) groups is 1. The molecule has 0 fully saturated rings. The minimum absolute atomic E-state index is 0.0272. The zero-order valence-corrected chi connectivity index (χ0v) is 18.7. The fourth-order valence-electron chi connectivity index (χ4n) is 3.07. The van der Waals surface area contributed by atoms with Gasteiger partial charge in [0.1, 0.15) is 6.10 Å². The molecule has 0 aliphatic carbocycles. The molecule has 2 heterocycles. The molecule has 3 unspecified atom stereocenters. The van der Waals surface area contributed by atoms with E-state index in [2.05, 4.69) is 10.3 Å². The van der Waals surface area contributed by atoms with Crippen molar-refractivity contribution in [3.8, 4) is 0 Å². The molecule has 2 N–H and O–H groups in total. The highest BCUT2D eigenvalue weighted by molar-refractivity contribution is 7.71. The number of benzene rings is 1. The second kappa shape index (κ2) is 10.7. The van der Waals surface area contributed by atoms with Crippen LogP contribution in [0, 0.1) is 6.92 Å². The smallest absolute Gasteiger partial charge is 0.345 e. The first-order valence-corrected chi connectivity index (χ1v) is 11.7. The number of hydrogen-bond acceptors (Lipinski definition) is 7. The van der Waals surface area contributed by atoms with Crippen molar-refractivity contribution in [1.82, 2.24) is 14.9 Å². The Balaban J connectivity index is 1.56. The van der Waals surface area contributed by atoms with Gasteiger partial charge in [0.05, 0.1) is 13.2 Å². The van der Waals surface area contributed by atoms with Crippen molar-refractivity contribution < 1.29 is 23.1 Å². The largest absolute Gasteiger partial charge is 0.418 e. The van der Waals surface area contributed by atoms with Gasteiger partial charge in [0.15, 0.2) is 6.23 Å². The molecule has 172 valence electrons. The lowest BCUT2D eigenvalue weighted by molar-refractivity contribution is -0.00775. The van der Waals surface area contributed by atoms with Gasteiger partial charge in [0.25, 0.3) is 5.56 Å². The predicted molar refractivity (Wildman–Crippen MR) is 118 cm³/mol. The topological polar surface area (TPSA) is 129 Å². The van der Waals surface area contributed by atoms with Crippen molar-refractivity contribution in [3.63, 3.8) is 0 Å². The summed E-state index contributed by atoms with van der Waals surface area (Å²) in [5.41, 5.74) is -0.516. The fraction of sp³-hybridized carbons (Fsp3) is 0.381. The molecule has 0 radical (unpaired) electrons. The van der Waals surface area contributed by atoms with Gasteiger partial charge in [0.2, 0.25) is 0 Å². The van der Waals surface area contributed by atoms with Crippen molar-refractivity contribution in [2.24, 2.45) is 0 Å². The number of nitrogens with one attached hydrogen (secondary N) is 2. The van der Waals surface area contributed by atoms with Gasteiger partial charge in [-0.25, -0.2) is 9.36 Å². The third-order valence-corrected chi connectivity index (χ3v) is 6.46. The van der Waals surface area contributed by atoms with E-state index in [1.54, 1.807) is 26.0 Å². The number of ether oxygens (including phenoxy) is 1. The molecule has 3 rings (SSSR count). The van der Waals surface area contributed by atoms with Crippen molar-refractivity contribution in [3.05, 3.63) is 80.6 Å². The summed E-state index contributed by atoms with van der Waals surface area (Å²) in [5.74, 6) is 0. The maximum Gasteiger partial charge on any atom is 0.418 e. The van der Waals surface area contributed by atoms with Crippen LogP contribution in [0.2, 0.25) is 0 Å². The molecule has 0 spiro atoms. The summed E-state index contributed by atoms with van der Waals surface area (Å²) in [4.78, 5) is 38.3. The summed E-state index contributed by atoms with van der Waals surface area (Å²) in [6, 6.07) is 9.56. The molecule has 0 saturated heterocycles. The first kappa shape index (κ1) is 23.9. The van der Waals surface area contributed by atoms with Crippen molar-refractivity contribution in [1.29, 1.82) is 0 Å². The quantitative estimate of drug-likeness (QED) is 0.409. The van der Waals surface area contributed by atoms with E-state index >= 15 is 0 Å². The number of aromatic nitrogens is 2. The Kier molecular flexibility index (Phi) is 7.98. The maximum atomic E-state index is 13.0. The number of H-pyrrole nitrogens is 1. The number of amides is 1. The average molecular weight is 463 g/mol. The molecule has 1 aromatic carbocycles. The lowest BCUT2D eigenvalue weighted by Gasteiger charge is -2.20. The van der Waals surface area contributed by atoms with E-state index in [0.717, 1.165) is 5.56 Å². The second-order valence-electron chi connectivity index (χ2n) is 7.11. The average Bonchev–Trinajstić information content (AvgIpc) is 3.24. The van der Waals surface area contributed by atoms with Gasteiger partial charge in [-0.2, -0.15) is 0 Å². The predicted octanol–water partition coefficient (Wildman–Crippen LogP) is 2.50. The summed E-state index contributed by atoms with van der Waals surface area (Å²) < 4.78 is 30.4. The van der Waals surface area contributed by atoms with Gasteiger partial charge in [-0.05, 0) is 31.9 Å². The van der Waals surface area contributed by atoms with Crippen LogP contribution in [0.5, 0.6) is 0 Å². The van der Waals surface area contributed by atoms with Gasteiger partial charge in [-0.1, -0.05) is 36.4 Å². The van der Waals surface area contributed by atoms with Crippen molar-refractivity contribution in [2.45, 2.75) is 32.6 Å². The van der Waals surface area contributed by atoms with Crippen LogP contribution < -0.4 is 16.6 Å². The molecule has 1 amide bonds. The van der Waals surface area contributed by atoms with E-state index in [4.69, 9.17) is 13.8 Å².